The minimum Gasteiger partial charge on any atom is -0.849 e. The second-order valence-electron chi connectivity index (χ2n) is 10.6. The summed E-state index contributed by atoms with van der Waals surface area (Å²) in [6, 6.07) is 0. The molecule has 0 rings (SSSR count). The van der Waals surface area contributed by atoms with E-state index in [0.29, 0.717) is 0 Å². The van der Waals surface area contributed by atoms with E-state index in [1.165, 1.54) is 0 Å². The molecule has 0 amide bonds. The largest absolute Gasteiger partial charge is 4.00 e. The Morgan fingerprint density at radius 2 is 0.405 bits per heavy atom. The van der Waals surface area contributed by atoms with Gasteiger partial charge in [-0.3, -0.25) is 0 Å². The monoisotopic (exact) mass is 544 g/mol. The summed E-state index contributed by atoms with van der Waals surface area (Å²) in [7, 11) is 0. The molecule has 5 heteroatoms. The van der Waals surface area contributed by atoms with Gasteiger partial charge in [0.1, 0.15) is 0 Å². The van der Waals surface area contributed by atoms with Crippen LogP contribution in [0.3, 0.4) is 0 Å². The van der Waals surface area contributed by atoms with Crippen molar-refractivity contribution in [3.05, 3.63) is 0 Å². The smallest absolute Gasteiger partial charge is 0.849 e. The van der Waals surface area contributed by atoms with Crippen LogP contribution in [0, 0.1) is 0 Å². The van der Waals surface area contributed by atoms with Gasteiger partial charge in [0.25, 0.3) is 0 Å². The van der Waals surface area contributed by atoms with Gasteiger partial charge in [-0.2, -0.15) is 0 Å². The summed E-state index contributed by atoms with van der Waals surface area (Å²) in [5.74, 6) is 0. The van der Waals surface area contributed by atoms with Gasteiger partial charge in [-0.15, -0.1) is 22.4 Å². The average Bonchev–Trinajstić information content (AvgIpc) is 2.90. The molecule has 37 heavy (non-hydrogen) atoms. The predicted octanol–water partition coefficient (Wildman–Crippen LogP) is 6.44. The van der Waals surface area contributed by atoms with E-state index in [0.717, 1.165) is 103 Å². The summed E-state index contributed by atoms with van der Waals surface area (Å²) >= 11 is 0. The molecule has 0 atom stereocenters. The minimum atomic E-state index is -0.616. The Hall–Kier alpha value is 0.0569. The first kappa shape index (κ1) is 46.9. The predicted molar refractivity (Wildman–Crippen MR) is 159 cm³/mol. The maximum absolute atomic E-state index is 11.4. The van der Waals surface area contributed by atoms with Gasteiger partial charge >= 0.3 is 11.0 Å². The van der Waals surface area contributed by atoms with E-state index in [9.17, 15) is 20.4 Å². The van der Waals surface area contributed by atoms with Crippen molar-refractivity contribution in [2.45, 2.75) is 208 Å². The van der Waals surface area contributed by atoms with E-state index in [1.54, 1.807) is 0 Å². The molecule has 0 radical (unpaired) electrons. The summed E-state index contributed by atoms with van der Waals surface area (Å²) in [6.45, 7) is 24.1. The fourth-order valence-corrected chi connectivity index (χ4v) is 4.24. The maximum atomic E-state index is 11.4. The molecule has 0 heterocycles. The minimum absolute atomic E-state index is 0. The normalized spacial score (nSPS) is 11.7. The van der Waals surface area contributed by atoms with E-state index >= 15 is 0 Å². The van der Waals surface area contributed by atoms with Crippen LogP contribution in [0.4, 0.5) is 0 Å². The quantitative estimate of drug-likeness (QED) is 0.209. The van der Waals surface area contributed by atoms with E-state index in [1.807, 2.05) is 55.4 Å². The molecule has 0 spiro atoms. The molecule has 0 saturated heterocycles. The van der Waals surface area contributed by atoms with Crippen LogP contribution in [0.5, 0.6) is 0 Å². The molecule has 0 bridgehead atoms. The van der Waals surface area contributed by atoms with Gasteiger partial charge < -0.3 is 20.4 Å². The first-order valence-electron chi connectivity index (χ1n) is 15.5. The van der Waals surface area contributed by atoms with Crippen molar-refractivity contribution in [3.8, 4) is 0 Å². The average molecular weight is 545 g/mol. The van der Waals surface area contributed by atoms with E-state index in [4.69, 9.17) is 0 Å². The third-order valence-corrected chi connectivity index (χ3v) is 7.98. The maximum Gasteiger partial charge on any atom is 4.00 e. The van der Waals surface area contributed by atoms with Gasteiger partial charge in [0.15, 0.2) is 0 Å². The van der Waals surface area contributed by atoms with Crippen molar-refractivity contribution in [1.29, 1.82) is 0 Å². The van der Waals surface area contributed by atoms with Crippen LogP contribution in [0.1, 0.15) is 186 Å². The molecule has 0 aromatic heterocycles. The Bertz CT molecular complexity index is 347. The molecule has 0 aliphatic heterocycles. The Kier molecular flexibility index (Phi) is 35.0. The standard InChI is InChI=1S/4C8H17O.Si/c4*1-4-7-8(9,5-2)6-3;/h4*4-7H2,1-3H3;/q4*-1;+4. The van der Waals surface area contributed by atoms with Crippen molar-refractivity contribution >= 4 is 11.0 Å². The molecule has 0 aliphatic rings. The van der Waals surface area contributed by atoms with Gasteiger partial charge in [-0.05, 0) is 0 Å². The van der Waals surface area contributed by atoms with Crippen molar-refractivity contribution in [2.75, 3.05) is 0 Å². The summed E-state index contributed by atoms with van der Waals surface area (Å²) in [4.78, 5) is 0. The summed E-state index contributed by atoms with van der Waals surface area (Å²) in [5, 5.41) is 45.8. The van der Waals surface area contributed by atoms with Crippen LogP contribution in [-0.4, -0.2) is 33.4 Å². The van der Waals surface area contributed by atoms with Crippen LogP contribution in [0.15, 0.2) is 0 Å². The zero-order valence-corrected chi connectivity index (χ0v) is 28.4. The van der Waals surface area contributed by atoms with Crippen molar-refractivity contribution in [2.24, 2.45) is 0 Å². The van der Waals surface area contributed by atoms with Crippen LogP contribution < -0.4 is 20.4 Å². The molecule has 0 aromatic carbocycles. The molecule has 224 valence electrons. The first-order chi connectivity index (χ1) is 16.7. The summed E-state index contributed by atoms with van der Waals surface area (Å²) < 4.78 is 0. The zero-order chi connectivity index (χ0) is 29.3. The molecule has 0 saturated carbocycles. The number of hydrogen-bond acceptors (Lipinski definition) is 4. The second-order valence-corrected chi connectivity index (χ2v) is 10.6. The molecule has 0 aliphatic carbocycles. The van der Waals surface area contributed by atoms with Crippen molar-refractivity contribution in [3.63, 3.8) is 0 Å². The third kappa shape index (κ3) is 26.1. The summed E-state index contributed by atoms with van der Waals surface area (Å²) in [6.07, 6.45) is 13.6. The Balaban J connectivity index is -0.000000122. The fraction of sp³-hybridized carbons (Fsp3) is 1.00. The van der Waals surface area contributed by atoms with Gasteiger partial charge in [-0.25, -0.2) is 0 Å². The van der Waals surface area contributed by atoms with Crippen molar-refractivity contribution in [1.82, 2.24) is 0 Å². The third-order valence-electron chi connectivity index (χ3n) is 7.98. The fourth-order valence-electron chi connectivity index (χ4n) is 4.24. The van der Waals surface area contributed by atoms with E-state index in [2.05, 4.69) is 27.7 Å². The van der Waals surface area contributed by atoms with E-state index in [-0.39, 0.29) is 11.0 Å². The molecule has 0 fully saturated rings. The first-order valence-corrected chi connectivity index (χ1v) is 15.5. The summed E-state index contributed by atoms with van der Waals surface area (Å²) in [5.41, 5.74) is -2.47. The Morgan fingerprint density at radius 3 is 0.432 bits per heavy atom. The SMILES string of the molecule is CCCC([O-])(CC)CC.CCCC([O-])(CC)CC.CCCC([O-])(CC)CC.CCCC([O-])(CC)CC.[Si+4]. The number of rotatable bonds is 16. The molecule has 0 unspecified atom stereocenters. The Labute approximate surface area is 239 Å². The second kappa shape index (κ2) is 27.6. The van der Waals surface area contributed by atoms with E-state index < -0.39 is 22.4 Å². The topological polar surface area (TPSA) is 92.2 Å². The molecular formula is C32H68O4Si. The molecular weight excluding hydrogens is 476 g/mol. The molecule has 4 nitrogen and oxygen atoms in total. The van der Waals surface area contributed by atoms with Gasteiger partial charge in [0.05, 0.1) is 0 Å². The van der Waals surface area contributed by atoms with Crippen LogP contribution in [0.25, 0.3) is 0 Å². The Morgan fingerprint density at radius 1 is 0.297 bits per heavy atom. The van der Waals surface area contributed by atoms with Crippen LogP contribution >= 0.6 is 0 Å². The molecule has 0 N–H and O–H groups in total. The van der Waals surface area contributed by atoms with Crippen LogP contribution in [0.2, 0.25) is 0 Å². The zero-order valence-electron chi connectivity index (χ0n) is 27.4. The van der Waals surface area contributed by atoms with Gasteiger partial charge in [-0.1, -0.05) is 186 Å². The number of hydrogen-bond donors (Lipinski definition) is 0. The van der Waals surface area contributed by atoms with Crippen molar-refractivity contribution < 1.29 is 20.4 Å². The molecule has 0 aromatic rings. The van der Waals surface area contributed by atoms with Crippen LogP contribution in [-0.2, 0) is 0 Å². The van der Waals surface area contributed by atoms with Gasteiger partial charge in [0.2, 0.25) is 0 Å². The van der Waals surface area contributed by atoms with Gasteiger partial charge in [0, 0.05) is 0 Å².